The van der Waals surface area contributed by atoms with Crippen molar-refractivity contribution in [1.82, 2.24) is 5.32 Å². The molecule has 1 aliphatic rings. The zero-order chi connectivity index (χ0) is 19.9. The normalized spacial score (nSPS) is 16.0. The first-order valence-electron chi connectivity index (χ1n) is 9.48. The van der Waals surface area contributed by atoms with Gasteiger partial charge in [0.05, 0.1) is 12.5 Å². The number of halogens is 1. The van der Waals surface area contributed by atoms with Crippen molar-refractivity contribution in [1.29, 1.82) is 5.26 Å². The van der Waals surface area contributed by atoms with Crippen LogP contribution in [0.2, 0.25) is 0 Å². The highest BCUT2D eigenvalue weighted by atomic mass is 19.1. The summed E-state index contributed by atoms with van der Waals surface area (Å²) in [7, 11) is 0. The molecular weight excluding hydrogens is 351 g/mol. The smallest absolute Gasteiger partial charge is 0.127 e. The van der Waals surface area contributed by atoms with Gasteiger partial charge in [-0.3, -0.25) is 0 Å². The summed E-state index contributed by atoms with van der Waals surface area (Å²) in [6.07, 6.45) is 7.37. The van der Waals surface area contributed by atoms with Gasteiger partial charge in [0.2, 0.25) is 0 Å². The molecule has 5 heteroatoms. The predicted molar refractivity (Wildman–Crippen MR) is 113 cm³/mol. The summed E-state index contributed by atoms with van der Waals surface area (Å²) in [6, 6.07) is 11.3. The van der Waals surface area contributed by atoms with E-state index >= 15 is 0 Å². The minimum absolute atomic E-state index is 0.0418. The molecular formula is C23H25FN4. The largest absolute Gasteiger partial charge is 0.404 e. The maximum absolute atomic E-state index is 14.0. The molecule has 0 aromatic heterocycles. The predicted octanol–water partition coefficient (Wildman–Crippen LogP) is 2.39. The van der Waals surface area contributed by atoms with Gasteiger partial charge in [-0.25, -0.2) is 4.39 Å². The Hall–Kier alpha value is -3.10. The van der Waals surface area contributed by atoms with Gasteiger partial charge in [0.15, 0.2) is 0 Å². The van der Waals surface area contributed by atoms with Crippen molar-refractivity contribution in [2.75, 3.05) is 18.4 Å². The lowest BCUT2D eigenvalue weighted by molar-refractivity contribution is 0.479. The molecule has 0 unspecified atom stereocenters. The lowest BCUT2D eigenvalue weighted by Crippen LogP contribution is -2.38. The number of nitrogens with one attached hydrogen (secondary N) is 2. The number of nitrogens with zero attached hydrogens (tertiary/aromatic N) is 1. The third-order valence-electron chi connectivity index (χ3n) is 5.02. The minimum atomic E-state index is -0.358. The van der Waals surface area contributed by atoms with Gasteiger partial charge in [0.1, 0.15) is 5.82 Å². The second-order valence-corrected chi connectivity index (χ2v) is 6.91. The van der Waals surface area contributed by atoms with Crippen molar-refractivity contribution in [3.63, 3.8) is 0 Å². The van der Waals surface area contributed by atoms with Gasteiger partial charge in [-0.15, -0.1) is 0 Å². The maximum Gasteiger partial charge on any atom is 0.127 e. The summed E-state index contributed by atoms with van der Waals surface area (Å²) in [5, 5.41) is 17.8. The third kappa shape index (κ3) is 4.41. The Labute approximate surface area is 164 Å². The molecule has 144 valence electrons. The summed E-state index contributed by atoms with van der Waals surface area (Å²) < 4.78 is 14.0. The SMILES string of the molecule is C=C/C=c1/cc(-c2ccc(F)c(CC#N)c2)cc(NC2CCNCC2)/c1=C/N. The van der Waals surface area contributed by atoms with Crippen LogP contribution in [0.3, 0.4) is 0 Å². The molecule has 0 bridgehead atoms. The molecule has 28 heavy (non-hydrogen) atoms. The molecule has 0 spiro atoms. The molecule has 0 amide bonds. The van der Waals surface area contributed by atoms with E-state index in [0.29, 0.717) is 11.6 Å². The Balaban J connectivity index is 2.12. The first kappa shape index (κ1) is 19.7. The zero-order valence-electron chi connectivity index (χ0n) is 15.8. The molecule has 1 heterocycles. The van der Waals surface area contributed by atoms with E-state index in [0.717, 1.165) is 53.2 Å². The van der Waals surface area contributed by atoms with Crippen LogP contribution in [0.4, 0.5) is 10.1 Å². The molecule has 0 saturated carbocycles. The lowest BCUT2D eigenvalue weighted by atomic mass is 9.98. The van der Waals surface area contributed by atoms with E-state index in [2.05, 4.69) is 17.2 Å². The topological polar surface area (TPSA) is 73.9 Å². The van der Waals surface area contributed by atoms with Crippen LogP contribution in [-0.2, 0) is 6.42 Å². The first-order valence-corrected chi connectivity index (χ1v) is 9.48. The van der Waals surface area contributed by atoms with Crippen molar-refractivity contribution in [3.8, 4) is 17.2 Å². The van der Waals surface area contributed by atoms with Crippen LogP contribution < -0.4 is 26.8 Å². The highest BCUT2D eigenvalue weighted by molar-refractivity contribution is 5.71. The van der Waals surface area contributed by atoms with E-state index < -0.39 is 0 Å². The van der Waals surface area contributed by atoms with Crippen molar-refractivity contribution in [2.45, 2.75) is 25.3 Å². The standard InChI is InChI=1S/C23H25FN4/c1-2-3-17-13-19(16-4-5-22(24)18(12-16)6-9-25)14-23(21(17)15-26)28-20-7-10-27-11-8-20/h2-5,12-15,20,27-28H,1,6-8,10-11,26H2/b17-3-,21-15+. The number of allylic oxidation sites excluding steroid dienone is 1. The van der Waals surface area contributed by atoms with Crippen molar-refractivity contribution >= 4 is 18.0 Å². The molecule has 4 nitrogen and oxygen atoms in total. The lowest BCUT2D eigenvalue weighted by Gasteiger charge is -2.25. The summed E-state index contributed by atoms with van der Waals surface area (Å²) in [4.78, 5) is 0. The number of hydrogen-bond acceptors (Lipinski definition) is 4. The fraction of sp³-hybridized carbons (Fsp3) is 0.261. The Morgan fingerprint density at radius 2 is 2.04 bits per heavy atom. The summed E-state index contributed by atoms with van der Waals surface area (Å²) in [5.74, 6) is -0.358. The van der Waals surface area contributed by atoms with Gasteiger partial charge in [-0.05, 0) is 66.5 Å². The highest BCUT2D eigenvalue weighted by Gasteiger charge is 2.14. The maximum atomic E-state index is 14.0. The van der Waals surface area contributed by atoms with Gasteiger partial charge in [-0.2, -0.15) is 5.26 Å². The molecule has 2 aromatic rings. The number of nitriles is 1. The number of benzene rings is 2. The first-order chi connectivity index (χ1) is 13.7. The van der Waals surface area contributed by atoms with Gasteiger partial charge < -0.3 is 16.4 Å². The Bertz CT molecular complexity index is 1010. The van der Waals surface area contributed by atoms with E-state index in [4.69, 9.17) is 11.0 Å². The number of nitrogens with two attached hydrogens (primary N) is 1. The number of hydrogen-bond donors (Lipinski definition) is 3. The monoisotopic (exact) mass is 376 g/mol. The molecule has 4 N–H and O–H groups in total. The molecule has 3 rings (SSSR count). The molecule has 1 saturated heterocycles. The second kappa shape index (κ2) is 9.20. The van der Waals surface area contributed by atoms with Crippen molar-refractivity contribution < 1.29 is 4.39 Å². The van der Waals surface area contributed by atoms with Crippen LogP contribution in [0.5, 0.6) is 0 Å². The van der Waals surface area contributed by atoms with Gasteiger partial charge in [-0.1, -0.05) is 24.8 Å². The minimum Gasteiger partial charge on any atom is -0.404 e. The van der Waals surface area contributed by atoms with E-state index in [-0.39, 0.29) is 12.2 Å². The van der Waals surface area contributed by atoms with E-state index in [1.165, 1.54) is 6.07 Å². The number of anilines is 1. The average Bonchev–Trinajstić information content (AvgIpc) is 2.71. The van der Waals surface area contributed by atoms with E-state index in [9.17, 15) is 4.39 Å². The second-order valence-electron chi connectivity index (χ2n) is 6.91. The van der Waals surface area contributed by atoms with Crippen LogP contribution in [0, 0.1) is 17.1 Å². The highest BCUT2D eigenvalue weighted by Crippen LogP contribution is 2.23. The van der Waals surface area contributed by atoms with Crippen LogP contribution in [0.25, 0.3) is 23.4 Å². The van der Waals surface area contributed by atoms with Gasteiger partial charge >= 0.3 is 0 Å². The van der Waals surface area contributed by atoms with Crippen molar-refractivity contribution in [3.05, 3.63) is 64.8 Å². The van der Waals surface area contributed by atoms with Crippen LogP contribution in [0.1, 0.15) is 18.4 Å². The van der Waals surface area contributed by atoms with E-state index in [1.54, 1.807) is 24.4 Å². The molecule has 1 aliphatic heterocycles. The number of piperidine rings is 1. The quantitative estimate of drug-likeness (QED) is 0.749. The van der Waals surface area contributed by atoms with Crippen LogP contribution in [0.15, 0.2) is 43.0 Å². The molecule has 1 fully saturated rings. The molecule has 2 aromatic carbocycles. The van der Waals surface area contributed by atoms with Crippen LogP contribution >= 0.6 is 0 Å². The fourth-order valence-corrected chi connectivity index (χ4v) is 3.57. The summed E-state index contributed by atoms with van der Waals surface area (Å²) in [6.45, 7) is 5.78. The molecule has 0 radical (unpaired) electrons. The van der Waals surface area contributed by atoms with Crippen LogP contribution in [-0.4, -0.2) is 19.1 Å². The summed E-state index contributed by atoms with van der Waals surface area (Å²) >= 11 is 0. The molecule has 0 aliphatic carbocycles. The van der Waals surface area contributed by atoms with Gasteiger partial charge in [0.25, 0.3) is 0 Å². The zero-order valence-corrected chi connectivity index (χ0v) is 15.8. The fourth-order valence-electron chi connectivity index (χ4n) is 3.57. The van der Waals surface area contributed by atoms with E-state index in [1.807, 2.05) is 24.3 Å². The Morgan fingerprint density at radius 1 is 1.25 bits per heavy atom. The Kier molecular flexibility index (Phi) is 6.46. The average molecular weight is 376 g/mol. The van der Waals surface area contributed by atoms with Crippen molar-refractivity contribution in [2.24, 2.45) is 5.73 Å². The Morgan fingerprint density at radius 3 is 2.71 bits per heavy atom. The molecule has 0 atom stereocenters. The third-order valence-corrected chi connectivity index (χ3v) is 5.02. The van der Waals surface area contributed by atoms with Gasteiger partial charge in [0, 0.05) is 28.7 Å². The summed E-state index contributed by atoms with van der Waals surface area (Å²) in [5.41, 5.74) is 9.09. The number of rotatable bonds is 5.